The average Bonchev–Trinajstić information content (AvgIpc) is 2.69. The molecule has 2 aromatic rings. The van der Waals surface area contributed by atoms with Crippen molar-refractivity contribution in [3.63, 3.8) is 0 Å². The van der Waals surface area contributed by atoms with Crippen molar-refractivity contribution in [1.82, 2.24) is 18.7 Å². The standard InChI is InChI=1S/C11H14N4O2/c1-4-5-6-15-9-8(13(2)7-12-9)10(16)14(3)11(15)17/h4,7H,1,5-6H2,2-3H3. The van der Waals surface area contributed by atoms with E-state index >= 15 is 0 Å². The van der Waals surface area contributed by atoms with Crippen molar-refractivity contribution in [2.75, 3.05) is 0 Å². The Labute approximate surface area is 97.4 Å². The molecule has 0 amide bonds. The fraction of sp³-hybridized carbons (Fsp3) is 0.364. The monoisotopic (exact) mass is 234 g/mol. The van der Waals surface area contributed by atoms with Gasteiger partial charge in [0.15, 0.2) is 11.2 Å². The quantitative estimate of drug-likeness (QED) is 0.703. The molecule has 0 aliphatic heterocycles. The lowest BCUT2D eigenvalue weighted by Crippen LogP contribution is -2.38. The predicted molar refractivity (Wildman–Crippen MR) is 65.0 cm³/mol. The van der Waals surface area contributed by atoms with Crippen molar-refractivity contribution in [1.29, 1.82) is 0 Å². The van der Waals surface area contributed by atoms with Crippen LogP contribution < -0.4 is 11.2 Å². The fourth-order valence-corrected chi connectivity index (χ4v) is 1.80. The molecule has 0 bridgehead atoms. The van der Waals surface area contributed by atoms with Crippen LogP contribution in [0.5, 0.6) is 0 Å². The predicted octanol–water partition coefficient (Wildman–Crippen LogP) is 0.00980. The van der Waals surface area contributed by atoms with Gasteiger partial charge in [-0.15, -0.1) is 6.58 Å². The lowest BCUT2D eigenvalue weighted by molar-refractivity contribution is 0.626. The van der Waals surface area contributed by atoms with Crippen LogP contribution in [0.4, 0.5) is 0 Å². The second-order valence-electron chi connectivity index (χ2n) is 3.90. The van der Waals surface area contributed by atoms with Gasteiger partial charge in [0.1, 0.15) is 0 Å². The van der Waals surface area contributed by atoms with E-state index in [-0.39, 0.29) is 11.2 Å². The van der Waals surface area contributed by atoms with Gasteiger partial charge >= 0.3 is 5.69 Å². The summed E-state index contributed by atoms with van der Waals surface area (Å²) < 4.78 is 4.23. The van der Waals surface area contributed by atoms with Crippen LogP contribution in [0.3, 0.4) is 0 Å². The van der Waals surface area contributed by atoms with Crippen molar-refractivity contribution < 1.29 is 0 Å². The molecule has 2 rings (SSSR count). The van der Waals surface area contributed by atoms with Gasteiger partial charge in [0.25, 0.3) is 5.56 Å². The molecular weight excluding hydrogens is 220 g/mol. The minimum absolute atomic E-state index is 0.320. The Kier molecular flexibility index (Phi) is 2.71. The van der Waals surface area contributed by atoms with Crippen molar-refractivity contribution in [3.8, 4) is 0 Å². The number of hydrogen-bond acceptors (Lipinski definition) is 3. The molecule has 0 aliphatic rings. The van der Waals surface area contributed by atoms with E-state index in [1.54, 1.807) is 17.7 Å². The second kappa shape index (κ2) is 4.04. The Morgan fingerprint density at radius 1 is 1.41 bits per heavy atom. The molecule has 0 atom stereocenters. The third kappa shape index (κ3) is 1.61. The molecule has 0 radical (unpaired) electrons. The van der Waals surface area contributed by atoms with Gasteiger partial charge in [-0.2, -0.15) is 0 Å². The van der Waals surface area contributed by atoms with Crippen LogP contribution in [0.1, 0.15) is 6.42 Å². The molecule has 2 heterocycles. The number of aryl methyl sites for hydroxylation is 2. The van der Waals surface area contributed by atoms with Crippen molar-refractivity contribution in [2.24, 2.45) is 14.1 Å². The minimum atomic E-state index is -0.344. The number of fused-ring (bicyclic) bond motifs is 1. The van der Waals surface area contributed by atoms with Crippen LogP contribution in [-0.4, -0.2) is 18.7 Å². The van der Waals surface area contributed by atoms with Gasteiger partial charge in [-0.1, -0.05) is 6.08 Å². The summed E-state index contributed by atoms with van der Waals surface area (Å²) in [6, 6.07) is 0. The van der Waals surface area contributed by atoms with Gasteiger partial charge in [0, 0.05) is 20.6 Å². The fourth-order valence-electron chi connectivity index (χ4n) is 1.80. The van der Waals surface area contributed by atoms with Gasteiger partial charge in [0.2, 0.25) is 0 Å². The maximum absolute atomic E-state index is 12.0. The van der Waals surface area contributed by atoms with Crippen LogP contribution in [0.15, 0.2) is 28.6 Å². The topological polar surface area (TPSA) is 61.8 Å². The summed E-state index contributed by atoms with van der Waals surface area (Å²) in [5.74, 6) is 0. The van der Waals surface area contributed by atoms with Crippen LogP contribution in [-0.2, 0) is 20.6 Å². The largest absolute Gasteiger partial charge is 0.332 e. The van der Waals surface area contributed by atoms with Crippen LogP contribution >= 0.6 is 0 Å². The normalized spacial score (nSPS) is 10.9. The first kappa shape index (κ1) is 11.4. The zero-order valence-corrected chi connectivity index (χ0v) is 9.88. The summed E-state index contributed by atoms with van der Waals surface area (Å²) in [5.41, 5.74) is 0.210. The highest BCUT2D eigenvalue weighted by atomic mass is 16.2. The summed E-state index contributed by atoms with van der Waals surface area (Å²) in [5, 5.41) is 0. The zero-order chi connectivity index (χ0) is 12.6. The van der Waals surface area contributed by atoms with E-state index in [0.29, 0.717) is 24.1 Å². The first-order chi connectivity index (χ1) is 8.07. The number of imidazole rings is 1. The van der Waals surface area contributed by atoms with E-state index < -0.39 is 0 Å². The van der Waals surface area contributed by atoms with Crippen molar-refractivity contribution in [2.45, 2.75) is 13.0 Å². The molecule has 90 valence electrons. The number of rotatable bonds is 3. The molecule has 0 fully saturated rings. The third-order valence-electron chi connectivity index (χ3n) is 2.76. The van der Waals surface area contributed by atoms with Gasteiger partial charge in [-0.3, -0.25) is 13.9 Å². The lowest BCUT2D eigenvalue weighted by Gasteiger charge is -2.07. The summed E-state index contributed by atoms with van der Waals surface area (Å²) >= 11 is 0. The van der Waals surface area contributed by atoms with Crippen LogP contribution in [0.25, 0.3) is 11.2 Å². The molecule has 0 saturated carbocycles. The van der Waals surface area contributed by atoms with E-state index in [2.05, 4.69) is 11.6 Å². The van der Waals surface area contributed by atoms with E-state index in [9.17, 15) is 9.59 Å². The van der Waals surface area contributed by atoms with Gasteiger partial charge in [0.05, 0.1) is 6.33 Å². The maximum Gasteiger partial charge on any atom is 0.332 e. The third-order valence-corrected chi connectivity index (χ3v) is 2.76. The van der Waals surface area contributed by atoms with E-state index in [1.165, 1.54) is 17.9 Å². The molecule has 6 heteroatoms. The molecule has 6 nitrogen and oxygen atoms in total. The lowest BCUT2D eigenvalue weighted by atomic mass is 10.4. The molecule has 0 spiro atoms. The first-order valence-corrected chi connectivity index (χ1v) is 5.29. The molecule has 0 unspecified atom stereocenters. The zero-order valence-electron chi connectivity index (χ0n) is 9.88. The Bertz CT molecular complexity index is 690. The summed E-state index contributed by atoms with van der Waals surface area (Å²) in [7, 11) is 3.21. The molecule has 17 heavy (non-hydrogen) atoms. The summed E-state index contributed by atoms with van der Waals surface area (Å²) in [4.78, 5) is 28.0. The van der Waals surface area contributed by atoms with E-state index in [0.717, 1.165) is 4.57 Å². The summed E-state index contributed by atoms with van der Waals surface area (Å²) in [6.45, 7) is 4.10. The average molecular weight is 234 g/mol. The highest BCUT2D eigenvalue weighted by Gasteiger charge is 2.13. The second-order valence-corrected chi connectivity index (χ2v) is 3.90. The number of nitrogens with zero attached hydrogens (tertiary/aromatic N) is 4. The van der Waals surface area contributed by atoms with E-state index in [1.807, 2.05) is 0 Å². The number of aromatic nitrogens is 4. The van der Waals surface area contributed by atoms with Gasteiger partial charge in [-0.25, -0.2) is 9.78 Å². The molecule has 0 aliphatic carbocycles. The molecule has 2 aromatic heterocycles. The Balaban J connectivity index is 2.87. The minimum Gasteiger partial charge on any atom is -0.328 e. The Morgan fingerprint density at radius 3 is 2.76 bits per heavy atom. The number of allylic oxidation sites excluding steroid dienone is 1. The van der Waals surface area contributed by atoms with Crippen LogP contribution in [0.2, 0.25) is 0 Å². The first-order valence-electron chi connectivity index (χ1n) is 5.29. The maximum atomic E-state index is 12.0. The molecule has 0 N–H and O–H groups in total. The smallest absolute Gasteiger partial charge is 0.328 e. The Morgan fingerprint density at radius 2 is 2.12 bits per heavy atom. The highest BCUT2D eigenvalue weighted by molar-refractivity contribution is 5.69. The van der Waals surface area contributed by atoms with E-state index in [4.69, 9.17) is 0 Å². The van der Waals surface area contributed by atoms with Crippen molar-refractivity contribution in [3.05, 3.63) is 39.8 Å². The summed E-state index contributed by atoms with van der Waals surface area (Å²) in [6.07, 6.45) is 3.92. The van der Waals surface area contributed by atoms with Gasteiger partial charge in [-0.05, 0) is 6.42 Å². The number of hydrogen-bond donors (Lipinski definition) is 0. The highest BCUT2D eigenvalue weighted by Crippen LogP contribution is 2.04. The molecule has 0 aromatic carbocycles. The van der Waals surface area contributed by atoms with Crippen LogP contribution in [0, 0.1) is 0 Å². The molecule has 0 saturated heterocycles. The Hall–Kier alpha value is -2.11. The SMILES string of the molecule is C=CCCn1c(=O)n(C)c(=O)c2c1ncn2C. The molecular formula is C11H14N4O2. The van der Waals surface area contributed by atoms with Crippen molar-refractivity contribution >= 4 is 11.2 Å². The van der Waals surface area contributed by atoms with Gasteiger partial charge < -0.3 is 4.57 Å².